The van der Waals surface area contributed by atoms with Gasteiger partial charge in [-0.3, -0.25) is 9.89 Å². The van der Waals surface area contributed by atoms with E-state index in [-0.39, 0.29) is 17.2 Å². The minimum atomic E-state index is 0.0620. The van der Waals surface area contributed by atoms with E-state index < -0.39 is 0 Å². The first-order chi connectivity index (χ1) is 10.8. The Hall–Kier alpha value is -1.43. The van der Waals surface area contributed by atoms with Gasteiger partial charge < -0.3 is 9.88 Å². The SMILES string of the molecule is CC(C)=C[C@@H]1[C@@H](C(=O)NCCn2c(C3CC3)n[nH]c2=S)C1(C)C. The van der Waals surface area contributed by atoms with E-state index in [1.807, 2.05) is 4.57 Å². The van der Waals surface area contributed by atoms with Crippen molar-refractivity contribution in [3.8, 4) is 0 Å². The van der Waals surface area contributed by atoms with Gasteiger partial charge in [-0.2, -0.15) is 5.10 Å². The molecule has 1 amide bonds. The summed E-state index contributed by atoms with van der Waals surface area (Å²) in [6, 6.07) is 0. The first-order valence-corrected chi connectivity index (χ1v) is 8.81. The van der Waals surface area contributed by atoms with E-state index in [1.165, 1.54) is 18.4 Å². The van der Waals surface area contributed by atoms with E-state index in [0.29, 0.717) is 29.7 Å². The van der Waals surface area contributed by atoms with Gasteiger partial charge in [0.05, 0.1) is 5.92 Å². The lowest BCUT2D eigenvalue weighted by atomic mass is 10.1. The minimum absolute atomic E-state index is 0.0620. The zero-order valence-electron chi connectivity index (χ0n) is 14.3. The molecule has 0 spiro atoms. The Balaban J connectivity index is 1.56. The summed E-state index contributed by atoms with van der Waals surface area (Å²) in [7, 11) is 0. The third-order valence-corrected chi connectivity index (χ3v) is 5.38. The van der Waals surface area contributed by atoms with Gasteiger partial charge in [-0.25, -0.2) is 0 Å². The Morgan fingerprint density at radius 1 is 1.48 bits per heavy atom. The highest BCUT2D eigenvalue weighted by atomic mass is 32.1. The molecule has 1 aromatic rings. The van der Waals surface area contributed by atoms with Crippen LogP contribution in [0.15, 0.2) is 11.6 Å². The molecule has 5 nitrogen and oxygen atoms in total. The van der Waals surface area contributed by atoms with Crippen molar-refractivity contribution in [2.24, 2.45) is 17.3 Å². The maximum Gasteiger partial charge on any atom is 0.224 e. The number of H-pyrrole nitrogens is 1. The fourth-order valence-electron chi connectivity index (χ4n) is 3.45. The first kappa shape index (κ1) is 16.4. The second-order valence-corrected chi connectivity index (χ2v) is 8.06. The van der Waals surface area contributed by atoms with Gasteiger partial charge in [-0.1, -0.05) is 25.5 Å². The quantitative estimate of drug-likeness (QED) is 0.620. The number of amides is 1. The smallest absolute Gasteiger partial charge is 0.224 e. The Kier molecular flexibility index (Phi) is 4.21. The molecule has 0 radical (unpaired) electrons. The van der Waals surface area contributed by atoms with E-state index in [1.54, 1.807) is 0 Å². The summed E-state index contributed by atoms with van der Waals surface area (Å²) in [5.41, 5.74) is 1.34. The van der Waals surface area contributed by atoms with Gasteiger partial charge in [0, 0.05) is 19.0 Å². The van der Waals surface area contributed by atoms with Gasteiger partial charge >= 0.3 is 0 Å². The lowest BCUT2D eigenvalue weighted by molar-refractivity contribution is -0.123. The molecule has 0 aliphatic heterocycles. The van der Waals surface area contributed by atoms with E-state index in [2.05, 4.69) is 49.3 Å². The number of aromatic nitrogens is 3. The molecule has 2 fully saturated rings. The van der Waals surface area contributed by atoms with Crippen LogP contribution in [0.3, 0.4) is 0 Å². The molecule has 126 valence electrons. The summed E-state index contributed by atoms with van der Waals surface area (Å²) in [5.74, 6) is 2.17. The van der Waals surface area contributed by atoms with Gasteiger partial charge in [0.15, 0.2) is 4.77 Å². The molecule has 0 bridgehead atoms. The van der Waals surface area contributed by atoms with Crippen molar-refractivity contribution < 1.29 is 4.79 Å². The average molecular weight is 334 g/mol. The number of hydrogen-bond acceptors (Lipinski definition) is 3. The predicted octanol–water partition coefficient (Wildman–Crippen LogP) is 3.17. The molecule has 0 unspecified atom stereocenters. The van der Waals surface area contributed by atoms with Crippen molar-refractivity contribution in [2.45, 2.75) is 53.0 Å². The van der Waals surface area contributed by atoms with Crippen molar-refractivity contribution >= 4 is 18.1 Å². The van der Waals surface area contributed by atoms with Crippen LogP contribution in [0.25, 0.3) is 0 Å². The van der Waals surface area contributed by atoms with Crippen molar-refractivity contribution in [1.29, 1.82) is 0 Å². The van der Waals surface area contributed by atoms with Crippen LogP contribution in [-0.2, 0) is 11.3 Å². The van der Waals surface area contributed by atoms with Gasteiger partial charge in [0.1, 0.15) is 5.82 Å². The second kappa shape index (κ2) is 5.89. The number of carbonyl (C=O) groups is 1. The molecule has 0 aromatic carbocycles. The second-order valence-electron chi connectivity index (χ2n) is 7.67. The fourth-order valence-corrected chi connectivity index (χ4v) is 3.68. The summed E-state index contributed by atoms with van der Waals surface area (Å²) in [6.45, 7) is 9.79. The van der Waals surface area contributed by atoms with Gasteiger partial charge in [-0.05, 0) is 50.2 Å². The van der Waals surface area contributed by atoms with Crippen molar-refractivity contribution in [3.63, 3.8) is 0 Å². The van der Waals surface area contributed by atoms with E-state index in [0.717, 1.165) is 5.82 Å². The third kappa shape index (κ3) is 3.27. The van der Waals surface area contributed by atoms with E-state index in [4.69, 9.17) is 12.2 Å². The average Bonchev–Trinajstić information content (AvgIpc) is 3.33. The largest absolute Gasteiger partial charge is 0.354 e. The van der Waals surface area contributed by atoms with Crippen LogP contribution in [0, 0.1) is 22.0 Å². The Labute approximate surface area is 142 Å². The molecule has 0 saturated heterocycles. The zero-order chi connectivity index (χ0) is 16.8. The normalized spacial score (nSPS) is 25.0. The van der Waals surface area contributed by atoms with Crippen LogP contribution in [0.4, 0.5) is 0 Å². The number of allylic oxidation sites excluding steroid dienone is 2. The number of nitrogens with zero attached hydrogens (tertiary/aromatic N) is 2. The van der Waals surface area contributed by atoms with Crippen molar-refractivity contribution in [2.75, 3.05) is 6.54 Å². The summed E-state index contributed by atoms with van der Waals surface area (Å²) in [5, 5.41) is 10.3. The maximum atomic E-state index is 12.5. The van der Waals surface area contributed by atoms with Gasteiger partial charge in [-0.15, -0.1) is 0 Å². The van der Waals surface area contributed by atoms with Crippen LogP contribution in [0.2, 0.25) is 0 Å². The molecule has 2 atom stereocenters. The highest BCUT2D eigenvalue weighted by Crippen LogP contribution is 2.59. The van der Waals surface area contributed by atoms with Crippen LogP contribution >= 0.6 is 12.2 Å². The Morgan fingerprint density at radius 3 is 2.78 bits per heavy atom. The Morgan fingerprint density at radius 2 is 2.17 bits per heavy atom. The number of hydrogen-bond donors (Lipinski definition) is 2. The molecule has 2 saturated carbocycles. The molecular formula is C17H26N4OS. The summed E-state index contributed by atoms with van der Waals surface area (Å²) in [6.07, 6.45) is 4.60. The third-order valence-electron chi connectivity index (χ3n) is 5.07. The van der Waals surface area contributed by atoms with Gasteiger partial charge in [0.2, 0.25) is 5.91 Å². The summed E-state index contributed by atoms with van der Waals surface area (Å²) in [4.78, 5) is 12.5. The first-order valence-electron chi connectivity index (χ1n) is 8.40. The van der Waals surface area contributed by atoms with E-state index in [9.17, 15) is 4.79 Å². The van der Waals surface area contributed by atoms with Crippen molar-refractivity contribution in [3.05, 3.63) is 22.2 Å². The number of rotatable bonds is 6. The highest BCUT2D eigenvalue weighted by Gasteiger charge is 2.60. The van der Waals surface area contributed by atoms with Crippen LogP contribution in [0.5, 0.6) is 0 Å². The van der Waals surface area contributed by atoms with Crippen LogP contribution < -0.4 is 5.32 Å². The molecule has 2 N–H and O–H groups in total. The maximum absolute atomic E-state index is 12.5. The van der Waals surface area contributed by atoms with E-state index >= 15 is 0 Å². The summed E-state index contributed by atoms with van der Waals surface area (Å²) >= 11 is 5.29. The van der Waals surface area contributed by atoms with Crippen LogP contribution in [0.1, 0.15) is 52.3 Å². The Bertz CT molecular complexity index is 692. The molecule has 2 aliphatic rings. The zero-order valence-corrected chi connectivity index (χ0v) is 15.2. The highest BCUT2D eigenvalue weighted by molar-refractivity contribution is 7.71. The molecule has 1 heterocycles. The topological polar surface area (TPSA) is 62.7 Å². The molecule has 2 aliphatic carbocycles. The fraction of sp³-hybridized carbons (Fsp3) is 0.706. The van der Waals surface area contributed by atoms with Crippen molar-refractivity contribution in [1.82, 2.24) is 20.1 Å². The monoisotopic (exact) mass is 334 g/mol. The molecule has 3 rings (SSSR count). The number of carbonyl (C=O) groups excluding carboxylic acids is 1. The number of aromatic amines is 1. The minimum Gasteiger partial charge on any atom is -0.354 e. The molecule has 1 aromatic heterocycles. The predicted molar refractivity (Wildman–Crippen MR) is 92.6 cm³/mol. The molecular weight excluding hydrogens is 308 g/mol. The van der Waals surface area contributed by atoms with Gasteiger partial charge in [0.25, 0.3) is 0 Å². The lowest BCUT2D eigenvalue weighted by Crippen LogP contribution is -2.30. The summed E-state index contributed by atoms with van der Waals surface area (Å²) < 4.78 is 2.68. The molecule has 23 heavy (non-hydrogen) atoms. The standard InChI is InChI=1S/C17H26N4OS/c1-10(2)9-12-13(17(12,3)4)15(22)18-7-8-21-14(11-5-6-11)19-20-16(21)23/h9,11-13H,5-8H2,1-4H3,(H,18,22)(H,20,23)/t12-,13+/m1/s1. The van der Waals surface area contributed by atoms with Crippen LogP contribution in [-0.4, -0.2) is 27.2 Å². The molecule has 6 heteroatoms. The lowest BCUT2D eigenvalue weighted by Gasteiger charge is -2.08. The number of nitrogens with one attached hydrogen (secondary N) is 2.